The predicted octanol–water partition coefficient (Wildman–Crippen LogP) is 4.01. The minimum atomic E-state index is -0.0619. The number of benzene rings is 1. The summed E-state index contributed by atoms with van der Waals surface area (Å²) >= 11 is 0. The van der Waals surface area contributed by atoms with Crippen molar-refractivity contribution in [2.45, 2.75) is 45.1 Å². The summed E-state index contributed by atoms with van der Waals surface area (Å²) in [4.78, 5) is 19.7. The van der Waals surface area contributed by atoms with E-state index < -0.39 is 0 Å². The van der Waals surface area contributed by atoms with Crippen LogP contribution in [0, 0.1) is 0 Å². The second kappa shape index (κ2) is 6.93. The maximum absolute atomic E-state index is 13.3. The zero-order valence-corrected chi connectivity index (χ0v) is 16.8. The number of methoxy groups -OCH3 is 1. The van der Waals surface area contributed by atoms with Gasteiger partial charge in [0.15, 0.2) is 5.65 Å². The Morgan fingerprint density at radius 3 is 2.75 bits per heavy atom. The van der Waals surface area contributed by atoms with Crippen LogP contribution in [0.15, 0.2) is 42.6 Å². The molecule has 1 aromatic carbocycles. The van der Waals surface area contributed by atoms with Crippen molar-refractivity contribution >= 4 is 11.6 Å². The molecule has 1 amide bonds. The number of nitrogens with zero attached hydrogens (tertiary/aromatic N) is 4. The third-order valence-corrected chi connectivity index (χ3v) is 5.35. The van der Waals surface area contributed by atoms with Crippen molar-refractivity contribution < 1.29 is 9.53 Å². The number of amides is 1. The van der Waals surface area contributed by atoms with Crippen molar-refractivity contribution in [3.63, 3.8) is 0 Å². The van der Waals surface area contributed by atoms with Gasteiger partial charge in [-0.3, -0.25) is 4.79 Å². The summed E-state index contributed by atoms with van der Waals surface area (Å²) in [5.41, 5.74) is 3.35. The summed E-state index contributed by atoms with van der Waals surface area (Å²) in [5, 5.41) is 4.82. The van der Waals surface area contributed by atoms with Gasteiger partial charge in [-0.15, -0.1) is 0 Å². The van der Waals surface area contributed by atoms with Crippen molar-refractivity contribution in [1.82, 2.24) is 19.5 Å². The molecule has 0 bridgehead atoms. The largest absolute Gasteiger partial charge is 0.496 e. The number of fused-ring (bicyclic) bond motifs is 1. The lowest BCUT2D eigenvalue weighted by atomic mass is 9.93. The molecule has 28 heavy (non-hydrogen) atoms. The maximum Gasteiger partial charge on any atom is 0.258 e. The Labute approximate surface area is 165 Å². The van der Waals surface area contributed by atoms with Crippen LogP contribution in [0.5, 0.6) is 5.75 Å². The molecule has 0 saturated carbocycles. The first-order chi connectivity index (χ1) is 13.4. The molecule has 1 saturated heterocycles. The van der Waals surface area contributed by atoms with E-state index in [0.29, 0.717) is 11.3 Å². The van der Waals surface area contributed by atoms with E-state index >= 15 is 0 Å². The molecule has 1 fully saturated rings. The van der Waals surface area contributed by atoms with Crippen LogP contribution in [-0.4, -0.2) is 39.1 Å². The number of hydrogen-bond acceptors (Lipinski definition) is 4. The Kier molecular flexibility index (Phi) is 4.57. The molecule has 6 nitrogen and oxygen atoms in total. The molecule has 1 unspecified atom stereocenters. The second-order valence-electron chi connectivity index (χ2n) is 8.28. The normalized spacial score (nSPS) is 17.3. The Morgan fingerprint density at radius 2 is 2.00 bits per heavy atom. The second-order valence-corrected chi connectivity index (χ2v) is 8.28. The molecular formula is C22H26N4O2. The van der Waals surface area contributed by atoms with Crippen LogP contribution in [-0.2, 0) is 5.41 Å². The van der Waals surface area contributed by atoms with Gasteiger partial charge in [0.25, 0.3) is 5.91 Å². The van der Waals surface area contributed by atoms with E-state index in [1.807, 2.05) is 52.0 Å². The Bertz CT molecular complexity index is 1020. The fourth-order valence-corrected chi connectivity index (χ4v) is 3.83. The third kappa shape index (κ3) is 3.13. The maximum atomic E-state index is 13.3. The van der Waals surface area contributed by atoms with Gasteiger partial charge >= 0.3 is 0 Å². The molecule has 3 heterocycles. The van der Waals surface area contributed by atoms with Crippen LogP contribution in [0.2, 0.25) is 0 Å². The molecule has 0 spiro atoms. The highest BCUT2D eigenvalue weighted by atomic mass is 16.5. The quantitative estimate of drug-likeness (QED) is 0.691. The summed E-state index contributed by atoms with van der Waals surface area (Å²) in [6.07, 6.45) is 3.68. The molecule has 0 radical (unpaired) electrons. The van der Waals surface area contributed by atoms with Gasteiger partial charge in [0, 0.05) is 24.2 Å². The molecular weight excluding hydrogens is 352 g/mol. The van der Waals surface area contributed by atoms with Gasteiger partial charge in [-0.2, -0.15) is 5.10 Å². The lowest BCUT2D eigenvalue weighted by Gasteiger charge is -2.26. The SMILES string of the molecule is COc1ccccc1C(=O)N1CCCC1c1ccnc2cc(C(C)(C)C)nn12. The van der Waals surface area contributed by atoms with Crippen LogP contribution in [0.3, 0.4) is 0 Å². The Balaban J connectivity index is 1.74. The molecule has 1 atom stereocenters. The fraction of sp³-hybridized carbons (Fsp3) is 0.409. The van der Waals surface area contributed by atoms with Crippen molar-refractivity contribution in [3.8, 4) is 5.75 Å². The average Bonchev–Trinajstić information content (AvgIpc) is 3.33. The van der Waals surface area contributed by atoms with Gasteiger partial charge in [-0.05, 0) is 31.0 Å². The molecule has 1 aliphatic heterocycles. The molecule has 146 valence electrons. The number of para-hydroxylation sites is 1. The summed E-state index contributed by atoms with van der Waals surface area (Å²) in [7, 11) is 1.59. The van der Waals surface area contributed by atoms with Crippen molar-refractivity contribution in [2.24, 2.45) is 0 Å². The molecule has 0 aliphatic carbocycles. The zero-order chi connectivity index (χ0) is 19.9. The van der Waals surface area contributed by atoms with Crippen molar-refractivity contribution in [1.29, 1.82) is 0 Å². The molecule has 1 aliphatic rings. The number of aromatic nitrogens is 3. The highest BCUT2D eigenvalue weighted by molar-refractivity contribution is 5.97. The van der Waals surface area contributed by atoms with E-state index in [1.165, 1.54) is 0 Å². The van der Waals surface area contributed by atoms with Gasteiger partial charge in [0.2, 0.25) is 0 Å². The van der Waals surface area contributed by atoms with Gasteiger partial charge in [-0.1, -0.05) is 32.9 Å². The lowest BCUT2D eigenvalue weighted by molar-refractivity contribution is 0.0728. The van der Waals surface area contributed by atoms with Crippen LogP contribution in [0.25, 0.3) is 5.65 Å². The highest BCUT2D eigenvalue weighted by Crippen LogP contribution is 2.35. The monoisotopic (exact) mass is 378 g/mol. The first-order valence-electron chi connectivity index (χ1n) is 9.69. The first-order valence-corrected chi connectivity index (χ1v) is 9.69. The van der Waals surface area contributed by atoms with Crippen LogP contribution < -0.4 is 4.74 Å². The summed E-state index contributed by atoms with van der Waals surface area (Å²) in [6, 6.07) is 11.4. The van der Waals surface area contributed by atoms with E-state index in [4.69, 9.17) is 9.84 Å². The molecule has 2 aromatic heterocycles. The predicted molar refractivity (Wildman–Crippen MR) is 108 cm³/mol. The topological polar surface area (TPSA) is 59.7 Å². The van der Waals surface area contributed by atoms with E-state index in [0.717, 1.165) is 36.4 Å². The number of ether oxygens (including phenoxy) is 1. The molecule has 6 heteroatoms. The number of carbonyl (C=O) groups is 1. The first kappa shape index (κ1) is 18.5. The summed E-state index contributed by atoms with van der Waals surface area (Å²) < 4.78 is 7.30. The van der Waals surface area contributed by atoms with Crippen molar-refractivity contribution in [3.05, 3.63) is 59.5 Å². The van der Waals surface area contributed by atoms with Crippen LogP contribution in [0.1, 0.15) is 61.4 Å². The Morgan fingerprint density at radius 1 is 1.21 bits per heavy atom. The fourth-order valence-electron chi connectivity index (χ4n) is 3.83. The van der Waals surface area contributed by atoms with Crippen molar-refractivity contribution in [2.75, 3.05) is 13.7 Å². The van der Waals surface area contributed by atoms with Crippen LogP contribution in [0.4, 0.5) is 0 Å². The standard InChI is InChI=1S/C22H26N4O2/c1-22(2,3)19-14-20-23-12-11-17(26(20)24-19)16-9-7-13-25(16)21(27)15-8-5-6-10-18(15)28-4/h5-6,8,10-12,14,16H,7,9,13H2,1-4H3. The Hall–Kier alpha value is -2.89. The molecule has 0 N–H and O–H groups in total. The number of likely N-dealkylation sites (tertiary alicyclic amines) is 1. The molecule has 4 rings (SSSR count). The summed E-state index contributed by atoms with van der Waals surface area (Å²) in [5.74, 6) is 0.597. The van der Waals surface area contributed by atoms with E-state index in [-0.39, 0.29) is 17.4 Å². The number of rotatable bonds is 3. The van der Waals surface area contributed by atoms with Crippen LogP contribution >= 0.6 is 0 Å². The van der Waals surface area contributed by atoms with E-state index in [9.17, 15) is 4.79 Å². The van der Waals surface area contributed by atoms with E-state index in [1.54, 1.807) is 7.11 Å². The highest BCUT2D eigenvalue weighted by Gasteiger charge is 2.34. The smallest absolute Gasteiger partial charge is 0.258 e. The van der Waals surface area contributed by atoms with E-state index in [2.05, 4.69) is 25.8 Å². The summed E-state index contributed by atoms with van der Waals surface area (Å²) in [6.45, 7) is 7.14. The zero-order valence-electron chi connectivity index (χ0n) is 16.8. The number of hydrogen-bond donors (Lipinski definition) is 0. The van der Waals surface area contributed by atoms with Gasteiger partial charge in [0.05, 0.1) is 30.1 Å². The minimum Gasteiger partial charge on any atom is -0.496 e. The van der Waals surface area contributed by atoms with Gasteiger partial charge < -0.3 is 9.64 Å². The van der Waals surface area contributed by atoms with Gasteiger partial charge in [-0.25, -0.2) is 9.50 Å². The molecule has 3 aromatic rings. The minimum absolute atomic E-state index is 0.00638. The van der Waals surface area contributed by atoms with Gasteiger partial charge in [0.1, 0.15) is 5.75 Å². The average molecular weight is 378 g/mol. The third-order valence-electron chi connectivity index (χ3n) is 5.35. The number of carbonyl (C=O) groups excluding carboxylic acids is 1. The lowest BCUT2D eigenvalue weighted by Crippen LogP contribution is -2.32.